The second-order valence-corrected chi connectivity index (χ2v) is 1.64. The number of hydrogen-bond acceptors (Lipinski definition) is 3. The van der Waals surface area contributed by atoms with Crippen molar-refractivity contribution >= 4 is 0 Å². The lowest BCUT2D eigenvalue weighted by atomic mass is 10.8. The molecule has 0 saturated carbocycles. The van der Waals surface area contributed by atoms with E-state index in [0.29, 0.717) is 12.6 Å². The summed E-state index contributed by atoms with van der Waals surface area (Å²) in [5.74, 6) is 0.776. The maximum absolute atomic E-state index is 4.97. The highest BCUT2D eigenvalue weighted by Gasteiger charge is 1.95. The van der Waals surface area contributed by atoms with E-state index in [1.807, 2.05) is 27.7 Å². The van der Waals surface area contributed by atoms with Gasteiger partial charge < -0.3 is 4.74 Å². The molecule has 4 heteroatoms. The summed E-state index contributed by atoms with van der Waals surface area (Å²) in [5, 5.41) is 6.41. The van der Waals surface area contributed by atoms with Crippen LogP contribution in [0.4, 0.5) is 0 Å². The summed E-state index contributed by atoms with van der Waals surface area (Å²) < 4.78 is 4.97. The Balaban J connectivity index is 0.000000461. The van der Waals surface area contributed by atoms with Crippen LogP contribution in [0.5, 0.6) is 6.01 Å². The van der Waals surface area contributed by atoms with E-state index < -0.39 is 0 Å². The molecule has 1 rings (SSSR count). The molecule has 0 bridgehead atoms. The van der Waals surface area contributed by atoms with Crippen LogP contribution in [0, 0.1) is 6.92 Å². The van der Waals surface area contributed by atoms with E-state index in [1.165, 1.54) is 0 Å². The minimum atomic E-state index is 0.426. The van der Waals surface area contributed by atoms with Crippen LogP contribution in [-0.4, -0.2) is 21.8 Å². The molecule has 0 aliphatic heterocycles. The number of H-pyrrole nitrogens is 1. The van der Waals surface area contributed by atoms with Crippen molar-refractivity contribution in [3.63, 3.8) is 0 Å². The van der Waals surface area contributed by atoms with Crippen molar-refractivity contribution < 1.29 is 4.74 Å². The third-order valence-electron chi connectivity index (χ3n) is 0.850. The standard InChI is InChI=1S/C5H9N3O.C2H6/c1-3-9-5-6-4(2)7-8-5;1-2/h3H2,1-2H3,(H,6,7,8);1-2H3. The highest BCUT2D eigenvalue weighted by Crippen LogP contribution is 1.98. The molecular weight excluding hydrogens is 142 g/mol. The average molecular weight is 157 g/mol. The van der Waals surface area contributed by atoms with Gasteiger partial charge in [-0.3, -0.25) is 5.10 Å². The molecule has 0 aliphatic carbocycles. The van der Waals surface area contributed by atoms with Crippen LogP contribution >= 0.6 is 0 Å². The Kier molecular flexibility index (Phi) is 5.15. The molecule has 1 heterocycles. The van der Waals surface area contributed by atoms with Crippen LogP contribution in [0.3, 0.4) is 0 Å². The first-order valence-corrected chi connectivity index (χ1v) is 3.84. The van der Waals surface area contributed by atoms with E-state index in [2.05, 4.69) is 15.2 Å². The van der Waals surface area contributed by atoms with Crippen molar-refractivity contribution in [1.29, 1.82) is 0 Å². The molecule has 0 fully saturated rings. The molecular formula is C7H15N3O. The molecule has 0 amide bonds. The zero-order valence-corrected chi connectivity index (χ0v) is 7.51. The molecule has 11 heavy (non-hydrogen) atoms. The van der Waals surface area contributed by atoms with E-state index in [0.717, 1.165) is 5.82 Å². The predicted octanol–water partition coefficient (Wildman–Crippen LogP) is 1.54. The van der Waals surface area contributed by atoms with Crippen LogP contribution in [0.15, 0.2) is 0 Å². The van der Waals surface area contributed by atoms with Gasteiger partial charge >= 0.3 is 6.01 Å². The first-order valence-electron chi connectivity index (χ1n) is 3.84. The van der Waals surface area contributed by atoms with Gasteiger partial charge in [-0.05, 0) is 13.8 Å². The number of hydrogen-bond donors (Lipinski definition) is 1. The average Bonchev–Trinajstić information content (AvgIpc) is 2.41. The number of rotatable bonds is 2. The predicted molar refractivity (Wildman–Crippen MR) is 43.6 cm³/mol. The van der Waals surface area contributed by atoms with E-state index in [9.17, 15) is 0 Å². The van der Waals surface area contributed by atoms with Crippen molar-refractivity contribution in [2.45, 2.75) is 27.7 Å². The van der Waals surface area contributed by atoms with Gasteiger partial charge in [0.15, 0.2) is 0 Å². The minimum absolute atomic E-state index is 0.426. The molecule has 4 nitrogen and oxygen atoms in total. The summed E-state index contributed by atoms with van der Waals surface area (Å²) in [5.41, 5.74) is 0. The molecule has 1 N–H and O–H groups in total. The molecule has 0 saturated heterocycles. The number of ether oxygens (including phenoxy) is 1. The number of nitrogens with zero attached hydrogens (tertiary/aromatic N) is 2. The lowest BCUT2D eigenvalue weighted by Crippen LogP contribution is -1.92. The number of nitrogens with one attached hydrogen (secondary N) is 1. The number of aromatic nitrogens is 3. The van der Waals surface area contributed by atoms with Crippen molar-refractivity contribution in [3.8, 4) is 6.01 Å². The summed E-state index contributed by atoms with van der Waals surface area (Å²) in [4.78, 5) is 3.91. The third kappa shape index (κ3) is 3.60. The molecule has 1 aromatic rings. The fourth-order valence-electron chi connectivity index (χ4n) is 0.516. The number of aryl methyl sites for hydroxylation is 1. The van der Waals surface area contributed by atoms with Crippen LogP contribution in [0.2, 0.25) is 0 Å². The molecule has 0 atom stereocenters. The van der Waals surface area contributed by atoms with E-state index in [1.54, 1.807) is 0 Å². The van der Waals surface area contributed by atoms with Crippen molar-refractivity contribution in [2.75, 3.05) is 6.61 Å². The first-order chi connectivity index (χ1) is 5.33. The Bertz CT molecular complexity index is 186. The normalized spacial score (nSPS) is 8.36. The number of aromatic amines is 1. The molecule has 0 aromatic carbocycles. The summed E-state index contributed by atoms with van der Waals surface area (Å²) >= 11 is 0. The van der Waals surface area contributed by atoms with Gasteiger partial charge in [-0.2, -0.15) is 4.98 Å². The van der Waals surface area contributed by atoms with E-state index >= 15 is 0 Å². The zero-order valence-electron chi connectivity index (χ0n) is 7.51. The maximum Gasteiger partial charge on any atom is 0.335 e. The van der Waals surface area contributed by atoms with Gasteiger partial charge in [0.1, 0.15) is 5.82 Å². The van der Waals surface area contributed by atoms with Crippen molar-refractivity contribution in [3.05, 3.63) is 5.82 Å². The summed E-state index contributed by atoms with van der Waals surface area (Å²) in [6, 6.07) is 0.426. The fourth-order valence-corrected chi connectivity index (χ4v) is 0.516. The summed E-state index contributed by atoms with van der Waals surface area (Å²) in [6.07, 6.45) is 0. The van der Waals surface area contributed by atoms with E-state index in [-0.39, 0.29) is 0 Å². The largest absolute Gasteiger partial charge is 0.463 e. The summed E-state index contributed by atoms with van der Waals surface area (Å²) in [7, 11) is 0. The second kappa shape index (κ2) is 5.70. The van der Waals surface area contributed by atoms with Crippen LogP contribution < -0.4 is 4.74 Å². The van der Waals surface area contributed by atoms with Gasteiger partial charge in [0, 0.05) is 0 Å². The maximum atomic E-state index is 4.97. The Morgan fingerprint density at radius 3 is 2.45 bits per heavy atom. The molecule has 0 aliphatic rings. The minimum Gasteiger partial charge on any atom is -0.463 e. The van der Waals surface area contributed by atoms with Gasteiger partial charge in [-0.1, -0.05) is 13.8 Å². The highest BCUT2D eigenvalue weighted by atomic mass is 16.5. The van der Waals surface area contributed by atoms with Crippen LogP contribution in [0.1, 0.15) is 26.6 Å². The van der Waals surface area contributed by atoms with E-state index in [4.69, 9.17) is 4.74 Å². The topological polar surface area (TPSA) is 50.8 Å². The lowest BCUT2D eigenvalue weighted by molar-refractivity contribution is 0.314. The van der Waals surface area contributed by atoms with Gasteiger partial charge in [0.05, 0.1) is 6.61 Å². The van der Waals surface area contributed by atoms with Crippen molar-refractivity contribution in [1.82, 2.24) is 15.2 Å². The lowest BCUT2D eigenvalue weighted by Gasteiger charge is -1.90. The molecule has 0 spiro atoms. The molecule has 0 unspecified atom stereocenters. The zero-order chi connectivity index (χ0) is 8.69. The van der Waals surface area contributed by atoms with Gasteiger partial charge in [0.2, 0.25) is 0 Å². The Hall–Kier alpha value is -1.06. The quantitative estimate of drug-likeness (QED) is 0.708. The third-order valence-corrected chi connectivity index (χ3v) is 0.850. The van der Waals surface area contributed by atoms with Gasteiger partial charge in [0.25, 0.3) is 0 Å². The second-order valence-electron chi connectivity index (χ2n) is 1.64. The first kappa shape index (κ1) is 9.94. The molecule has 0 radical (unpaired) electrons. The highest BCUT2D eigenvalue weighted by molar-refractivity contribution is 4.91. The molecule has 64 valence electrons. The monoisotopic (exact) mass is 157 g/mol. The Labute approximate surface area is 67.0 Å². The van der Waals surface area contributed by atoms with Crippen LogP contribution in [0.25, 0.3) is 0 Å². The van der Waals surface area contributed by atoms with Crippen LogP contribution in [-0.2, 0) is 0 Å². The smallest absolute Gasteiger partial charge is 0.335 e. The van der Waals surface area contributed by atoms with Gasteiger partial charge in [-0.15, -0.1) is 5.10 Å². The van der Waals surface area contributed by atoms with Gasteiger partial charge in [-0.25, -0.2) is 0 Å². The Morgan fingerprint density at radius 2 is 2.09 bits per heavy atom. The SMILES string of the molecule is CC.CCOc1n[nH]c(C)n1. The summed E-state index contributed by atoms with van der Waals surface area (Å²) in [6.45, 7) is 8.33. The Morgan fingerprint density at radius 1 is 1.45 bits per heavy atom. The van der Waals surface area contributed by atoms with Crippen molar-refractivity contribution in [2.24, 2.45) is 0 Å². The fraction of sp³-hybridized carbons (Fsp3) is 0.714. The molecule has 1 aromatic heterocycles.